The molecule has 4 nitrogen and oxygen atoms in total. The Labute approximate surface area is 160 Å². The third-order valence-corrected chi connectivity index (χ3v) is 5.78. The molecule has 0 radical (unpaired) electrons. The fourth-order valence-corrected chi connectivity index (χ4v) is 4.10. The first kappa shape index (κ1) is 17.7. The number of aromatic nitrogens is 1. The van der Waals surface area contributed by atoms with Crippen molar-refractivity contribution >= 4 is 28.1 Å². The number of anilines is 2. The van der Waals surface area contributed by atoms with E-state index in [1.54, 1.807) is 0 Å². The molecule has 0 saturated heterocycles. The summed E-state index contributed by atoms with van der Waals surface area (Å²) in [5.74, 6) is -0.652. The van der Waals surface area contributed by atoms with Gasteiger partial charge in [0.05, 0.1) is 6.20 Å². The number of carbonyl (C=O) groups is 1. The average molecular weight is 382 g/mol. The van der Waals surface area contributed by atoms with Crippen LogP contribution < -0.4 is 4.90 Å². The summed E-state index contributed by atoms with van der Waals surface area (Å²) in [6.45, 7) is 2.67. The zero-order chi connectivity index (χ0) is 19.0. The molecule has 138 valence electrons. The van der Waals surface area contributed by atoms with Gasteiger partial charge in [0.1, 0.15) is 10.7 Å². The second-order valence-electron chi connectivity index (χ2n) is 6.61. The maximum absolute atomic E-state index is 13.4. The molecule has 0 spiro atoms. The Morgan fingerprint density at radius 3 is 2.59 bits per heavy atom. The van der Waals surface area contributed by atoms with Crippen molar-refractivity contribution in [2.75, 3.05) is 11.4 Å². The molecule has 0 atom stereocenters. The van der Waals surface area contributed by atoms with E-state index in [1.807, 2.05) is 24.0 Å². The maximum Gasteiger partial charge on any atom is 0.347 e. The number of thiazole rings is 1. The van der Waals surface area contributed by atoms with E-state index in [0.29, 0.717) is 17.6 Å². The van der Waals surface area contributed by atoms with Crippen molar-refractivity contribution in [3.05, 3.63) is 64.9 Å². The maximum atomic E-state index is 13.4. The number of benzene rings is 2. The molecule has 1 saturated carbocycles. The minimum atomic E-state index is -0.967. The van der Waals surface area contributed by atoms with Crippen LogP contribution in [0.1, 0.15) is 40.9 Å². The van der Waals surface area contributed by atoms with E-state index < -0.39 is 5.97 Å². The van der Waals surface area contributed by atoms with E-state index >= 15 is 0 Å². The van der Waals surface area contributed by atoms with E-state index in [0.717, 1.165) is 28.2 Å². The molecule has 27 heavy (non-hydrogen) atoms. The molecular weight excluding hydrogens is 363 g/mol. The van der Waals surface area contributed by atoms with Gasteiger partial charge in [0.25, 0.3) is 0 Å². The lowest BCUT2D eigenvalue weighted by Crippen LogP contribution is -2.15. The summed E-state index contributed by atoms with van der Waals surface area (Å²) in [5.41, 5.74) is 4.32. The Hall–Kier alpha value is -2.73. The monoisotopic (exact) mass is 382 g/mol. The first-order chi connectivity index (χ1) is 13.1. The van der Waals surface area contributed by atoms with Crippen molar-refractivity contribution in [1.29, 1.82) is 0 Å². The lowest BCUT2D eigenvalue weighted by Gasteiger charge is -2.22. The van der Waals surface area contributed by atoms with Crippen molar-refractivity contribution in [2.45, 2.75) is 25.7 Å². The Balaban J connectivity index is 1.76. The van der Waals surface area contributed by atoms with Crippen LogP contribution in [-0.4, -0.2) is 22.6 Å². The third kappa shape index (κ3) is 3.57. The normalized spacial score (nSPS) is 13.6. The van der Waals surface area contributed by atoms with Gasteiger partial charge in [-0.3, -0.25) is 0 Å². The highest BCUT2D eigenvalue weighted by atomic mass is 32.1. The van der Waals surface area contributed by atoms with Crippen molar-refractivity contribution in [1.82, 2.24) is 4.98 Å². The van der Waals surface area contributed by atoms with Crippen LogP contribution in [0.4, 0.5) is 15.2 Å². The first-order valence-electron chi connectivity index (χ1n) is 8.93. The van der Waals surface area contributed by atoms with Crippen LogP contribution in [0.25, 0.3) is 11.1 Å². The fraction of sp³-hybridized carbons (Fsp3) is 0.238. The summed E-state index contributed by atoms with van der Waals surface area (Å²) in [5, 5.41) is 9.82. The van der Waals surface area contributed by atoms with Gasteiger partial charge in [-0.25, -0.2) is 14.2 Å². The van der Waals surface area contributed by atoms with E-state index in [-0.39, 0.29) is 10.7 Å². The molecule has 1 N–H and O–H groups in total. The number of halogens is 1. The lowest BCUT2D eigenvalue weighted by atomic mass is 9.96. The Kier molecular flexibility index (Phi) is 4.66. The van der Waals surface area contributed by atoms with Crippen LogP contribution in [0.3, 0.4) is 0 Å². The highest BCUT2D eigenvalue weighted by molar-refractivity contribution is 7.17. The van der Waals surface area contributed by atoms with Gasteiger partial charge < -0.3 is 10.0 Å². The molecule has 2 aromatic carbocycles. The summed E-state index contributed by atoms with van der Waals surface area (Å²) in [7, 11) is 0. The van der Waals surface area contributed by atoms with E-state index in [9.17, 15) is 9.18 Å². The van der Waals surface area contributed by atoms with Crippen molar-refractivity contribution < 1.29 is 14.3 Å². The predicted octanol–water partition coefficient (Wildman–Crippen LogP) is 5.68. The van der Waals surface area contributed by atoms with Crippen LogP contribution in [0.15, 0.2) is 48.7 Å². The first-order valence-corrected chi connectivity index (χ1v) is 9.75. The molecule has 0 bridgehead atoms. The van der Waals surface area contributed by atoms with Gasteiger partial charge in [-0.05, 0) is 66.6 Å². The zero-order valence-electron chi connectivity index (χ0n) is 14.9. The molecule has 1 aromatic heterocycles. The minimum absolute atomic E-state index is 0.219. The van der Waals surface area contributed by atoms with E-state index in [1.165, 1.54) is 36.7 Å². The molecule has 6 heteroatoms. The topological polar surface area (TPSA) is 53.4 Å². The highest BCUT2D eigenvalue weighted by Crippen LogP contribution is 2.46. The largest absolute Gasteiger partial charge is 0.477 e. The second kappa shape index (κ2) is 7.12. The molecule has 1 heterocycles. The predicted molar refractivity (Wildman–Crippen MR) is 106 cm³/mol. The Bertz CT molecular complexity index is 980. The van der Waals surface area contributed by atoms with Crippen molar-refractivity contribution in [3.8, 4) is 11.1 Å². The number of aromatic carboxylic acids is 1. The highest BCUT2D eigenvalue weighted by Gasteiger charge is 2.27. The molecule has 4 rings (SSSR count). The quantitative estimate of drug-likeness (QED) is 0.596. The molecule has 0 aliphatic heterocycles. The number of hydrogen-bond acceptors (Lipinski definition) is 4. The van der Waals surface area contributed by atoms with Gasteiger partial charge in [0, 0.05) is 12.2 Å². The van der Waals surface area contributed by atoms with Crippen LogP contribution in [-0.2, 0) is 0 Å². The van der Waals surface area contributed by atoms with Crippen LogP contribution in [0, 0.1) is 5.82 Å². The molecule has 1 fully saturated rings. The number of rotatable bonds is 6. The Morgan fingerprint density at radius 2 is 2.00 bits per heavy atom. The minimum Gasteiger partial charge on any atom is -0.477 e. The Morgan fingerprint density at radius 1 is 1.26 bits per heavy atom. The summed E-state index contributed by atoms with van der Waals surface area (Å²) < 4.78 is 13.4. The fourth-order valence-electron chi connectivity index (χ4n) is 3.26. The summed E-state index contributed by atoms with van der Waals surface area (Å²) in [6.07, 6.45) is 3.75. The summed E-state index contributed by atoms with van der Waals surface area (Å²) >= 11 is 1.16. The molecule has 1 aliphatic rings. The number of carboxylic acid groups (broad SMARTS) is 1. The van der Waals surface area contributed by atoms with Crippen molar-refractivity contribution in [3.63, 3.8) is 0 Å². The number of hydrogen-bond donors (Lipinski definition) is 1. The van der Waals surface area contributed by atoms with Crippen LogP contribution in [0.2, 0.25) is 0 Å². The third-order valence-electron chi connectivity index (χ3n) is 4.77. The molecule has 0 amide bonds. The van der Waals surface area contributed by atoms with Gasteiger partial charge in [-0.1, -0.05) is 29.5 Å². The van der Waals surface area contributed by atoms with Gasteiger partial charge in [-0.2, -0.15) is 0 Å². The van der Waals surface area contributed by atoms with Gasteiger partial charge >= 0.3 is 5.97 Å². The molecular formula is C21H19FN2O2S. The standard InChI is InChI=1S/C21H19FN2O2S/c1-2-24(21-23-12-19(27-21)20(25)26)16-9-10-17(13-3-4-13)18(11-16)14-5-7-15(22)8-6-14/h5-13H,2-4H2,1H3,(H,25,26). The molecule has 3 aromatic rings. The van der Waals surface area contributed by atoms with Gasteiger partial charge in [0.15, 0.2) is 5.13 Å². The SMILES string of the molecule is CCN(c1ccc(C2CC2)c(-c2ccc(F)cc2)c1)c1ncc(C(=O)O)s1. The molecule has 0 unspecified atom stereocenters. The lowest BCUT2D eigenvalue weighted by molar-refractivity contribution is 0.0702. The smallest absolute Gasteiger partial charge is 0.347 e. The van der Waals surface area contributed by atoms with E-state index in [4.69, 9.17) is 5.11 Å². The molecule has 1 aliphatic carbocycles. The van der Waals surface area contributed by atoms with Gasteiger partial charge in [0.2, 0.25) is 0 Å². The van der Waals surface area contributed by atoms with Gasteiger partial charge in [-0.15, -0.1) is 0 Å². The van der Waals surface area contributed by atoms with Crippen molar-refractivity contribution in [2.24, 2.45) is 0 Å². The zero-order valence-corrected chi connectivity index (χ0v) is 15.7. The van der Waals surface area contributed by atoms with Crippen LogP contribution in [0.5, 0.6) is 0 Å². The summed E-state index contributed by atoms with van der Waals surface area (Å²) in [6, 6.07) is 12.9. The number of nitrogens with zero attached hydrogens (tertiary/aromatic N) is 2. The average Bonchev–Trinajstić information content (AvgIpc) is 3.40. The van der Waals surface area contributed by atoms with Crippen LogP contribution >= 0.6 is 11.3 Å². The number of carboxylic acids is 1. The second-order valence-corrected chi connectivity index (χ2v) is 7.62. The van der Waals surface area contributed by atoms with E-state index in [2.05, 4.69) is 23.2 Å². The summed E-state index contributed by atoms with van der Waals surface area (Å²) in [4.78, 5) is 17.7.